The number of rotatable bonds is 5. The molecule has 0 saturated heterocycles. The second kappa shape index (κ2) is 6.57. The number of pyridine rings is 1. The van der Waals surface area contributed by atoms with Gasteiger partial charge in [-0.25, -0.2) is 0 Å². The zero-order valence-electron chi connectivity index (χ0n) is 14.6. The molecule has 0 aliphatic rings. The van der Waals surface area contributed by atoms with Crippen molar-refractivity contribution < 1.29 is 0 Å². The predicted molar refractivity (Wildman–Crippen MR) is 98.6 cm³/mol. The lowest BCUT2D eigenvalue weighted by Crippen LogP contribution is -1.95. The van der Waals surface area contributed by atoms with E-state index in [0.29, 0.717) is 11.8 Å². The summed E-state index contributed by atoms with van der Waals surface area (Å²) in [6, 6.07) is 8.96. The molecule has 0 aliphatic carbocycles. The molecule has 0 bridgehead atoms. The minimum absolute atomic E-state index is 0.650. The first-order chi connectivity index (χ1) is 11.0. The van der Waals surface area contributed by atoms with Crippen molar-refractivity contribution in [3.63, 3.8) is 0 Å². The van der Waals surface area contributed by atoms with Crippen LogP contribution in [0, 0.1) is 11.8 Å². The van der Waals surface area contributed by atoms with Gasteiger partial charge in [-0.15, -0.1) is 0 Å². The quantitative estimate of drug-likeness (QED) is 0.650. The van der Waals surface area contributed by atoms with E-state index in [-0.39, 0.29) is 0 Å². The highest BCUT2D eigenvalue weighted by molar-refractivity contribution is 5.88. The molecule has 3 rings (SSSR count). The third-order valence-electron chi connectivity index (χ3n) is 4.17. The van der Waals surface area contributed by atoms with Crippen molar-refractivity contribution in [1.82, 2.24) is 9.97 Å². The highest BCUT2D eigenvalue weighted by Crippen LogP contribution is 2.28. The van der Waals surface area contributed by atoms with E-state index in [1.165, 1.54) is 33.2 Å². The molecular weight excluding hydrogens is 280 g/mol. The minimum atomic E-state index is 0.650. The van der Waals surface area contributed by atoms with Crippen molar-refractivity contribution in [2.75, 3.05) is 0 Å². The van der Waals surface area contributed by atoms with Crippen molar-refractivity contribution in [2.45, 2.75) is 40.5 Å². The lowest BCUT2D eigenvalue weighted by Gasteiger charge is -2.08. The molecule has 23 heavy (non-hydrogen) atoms. The van der Waals surface area contributed by atoms with Crippen LogP contribution in [0.5, 0.6) is 0 Å². The molecule has 1 N–H and O–H groups in total. The monoisotopic (exact) mass is 306 g/mol. The summed E-state index contributed by atoms with van der Waals surface area (Å²) in [5, 5.41) is 1.34. The van der Waals surface area contributed by atoms with E-state index in [2.05, 4.69) is 68.1 Å². The Balaban J connectivity index is 1.99. The number of aromatic amines is 1. The van der Waals surface area contributed by atoms with Crippen LogP contribution in [0.3, 0.4) is 0 Å². The molecule has 3 aromatic rings. The van der Waals surface area contributed by atoms with E-state index in [1.54, 1.807) is 0 Å². The van der Waals surface area contributed by atoms with E-state index in [9.17, 15) is 0 Å². The average molecular weight is 306 g/mol. The van der Waals surface area contributed by atoms with Crippen LogP contribution in [0.25, 0.3) is 22.0 Å². The van der Waals surface area contributed by atoms with E-state index < -0.39 is 0 Å². The summed E-state index contributed by atoms with van der Waals surface area (Å²) < 4.78 is 0. The average Bonchev–Trinajstić information content (AvgIpc) is 2.88. The van der Waals surface area contributed by atoms with Crippen molar-refractivity contribution in [2.24, 2.45) is 11.8 Å². The molecule has 0 atom stereocenters. The van der Waals surface area contributed by atoms with Crippen LogP contribution in [0.4, 0.5) is 0 Å². The first-order valence-electron chi connectivity index (χ1n) is 8.57. The van der Waals surface area contributed by atoms with Crippen LogP contribution in [-0.2, 0) is 12.8 Å². The molecule has 0 unspecified atom stereocenters. The smallest absolute Gasteiger partial charge is 0.0457 e. The lowest BCUT2D eigenvalue weighted by atomic mass is 9.97. The van der Waals surface area contributed by atoms with E-state index in [4.69, 9.17) is 0 Å². The third-order valence-corrected chi connectivity index (χ3v) is 4.17. The van der Waals surface area contributed by atoms with Gasteiger partial charge in [0.15, 0.2) is 0 Å². The summed E-state index contributed by atoms with van der Waals surface area (Å²) >= 11 is 0. The Labute approximate surface area is 139 Å². The largest absolute Gasteiger partial charge is 0.361 e. The van der Waals surface area contributed by atoms with Gasteiger partial charge in [0.1, 0.15) is 0 Å². The summed E-state index contributed by atoms with van der Waals surface area (Å²) in [5.41, 5.74) is 6.40. The van der Waals surface area contributed by atoms with Gasteiger partial charge in [-0.1, -0.05) is 33.8 Å². The first-order valence-corrected chi connectivity index (χ1v) is 8.57. The first kappa shape index (κ1) is 15.8. The molecule has 0 aliphatic heterocycles. The zero-order valence-corrected chi connectivity index (χ0v) is 14.6. The Morgan fingerprint density at radius 1 is 0.913 bits per heavy atom. The van der Waals surface area contributed by atoms with Gasteiger partial charge in [0.05, 0.1) is 0 Å². The fourth-order valence-corrected chi connectivity index (χ4v) is 3.20. The molecule has 120 valence electrons. The number of H-pyrrole nitrogens is 1. The Bertz CT molecular complexity index is 796. The number of benzene rings is 1. The summed E-state index contributed by atoms with van der Waals surface area (Å²) in [6.07, 6.45) is 8.30. The topological polar surface area (TPSA) is 28.7 Å². The number of fused-ring (bicyclic) bond motifs is 1. The molecule has 2 heteroatoms. The maximum Gasteiger partial charge on any atom is 0.0457 e. The molecule has 2 aromatic heterocycles. The Morgan fingerprint density at radius 2 is 1.70 bits per heavy atom. The van der Waals surface area contributed by atoms with Crippen LogP contribution in [-0.4, -0.2) is 9.97 Å². The number of hydrogen-bond acceptors (Lipinski definition) is 1. The van der Waals surface area contributed by atoms with E-state index in [0.717, 1.165) is 12.8 Å². The molecule has 2 nitrogen and oxygen atoms in total. The van der Waals surface area contributed by atoms with Gasteiger partial charge in [0.2, 0.25) is 0 Å². The number of nitrogens with zero attached hydrogens (tertiary/aromatic N) is 1. The Morgan fingerprint density at radius 3 is 2.43 bits per heavy atom. The summed E-state index contributed by atoms with van der Waals surface area (Å²) in [6.45, 7) is 9.03. The summed E-state index contributed by atoms with van der Waals surface area (Å²) in [4.78, 5) is 7.84. The van der Waals surface area contributed by atoms with Crippen molar-refractivity contribution >= 4 is 10.9 Å². The fraction of sp³-hybridized carbons (Fsp3) is 0.381. The second-order valence-electron chi connectivity index (χ2n) is 7.35. The van der Waals surface area contributed by atoms with Crippen LogP contribution in [0.15, 0.2) is 42.9 Å². The van der Waals surface area contributed by atoms with Gasteiger partial charge in [-0.3, -0.25) is 4.98 Å². The third kappa shape index (κ3) is 3.64. The molecule has 0 amide bonds. The highest BCUT2D eigenvalue weighted by Gasteiger charge is 2.08. The van der Waals surface area contributed by atoms with Gasteiger partial charge in [0, 0.05) is 35.1 Å². The molecule has 0 saturated carbocycles. The molecule has 0 fully saturated rings. The lowest BCUT2D eigenvalue weighted by molar-refractivity contribution is 0.646. The Kier molecular flexibility index (Phi) is 4.51. The van der Waals surface area contributed by atoms with Gasteiger partial charge < -0.3 is 4.98 Å². The predicted octanol–water partition coefficient (Wildman–Crippen LogP) is 5.63. The van der Waals surface area contributed by atoms with Crippen LogP contribution in [0.1, 0.15) is 38.8 Å². The van der Waals surface area contributed by atoms with Crippen LogP contribution < -0.4 is 0 Å². The van der Waals surface area contributed by atoms with Gasteiger partial charge >= 0.3 is 0 Å². The molecule has 1 aromatic carbocycles. The van der Waals surface area contributed by atoms with Crippen LogP contribution >= 0.6 is 0 Å². The SMILES string of the molecule is CC(C)Cc1cncc(-c2ccc3[nH]cc(CC(C)C)c3c2)c1. The standard InChI is InChI=1S/C21H26N2/c1-14(2)7-16-9-18(12-22-11-16)17-5-6-21-20(10-17)19(13-23-21)8-15(3)4/h5-6,9-15,23H,7-8H2,1-4H3. The van der Waals surface area contributed by atoms with Crippen LogP contribution in [0.2, 0.25) is 0 Å². The van der Waals surface area contributed by atoms with Gasteiger partial charge in [0.25, 0.3) is 0 Å². The van der Waals surface area contributed by atoms with E-state index >= 15 is 0 Å². The number of hydrogen-bond donors (Lipinski definition) is 1. The van der Waals surface area contributed by atoms with Crippen molar-refractivity contribution in [1.29, 1.82) is 0 Å². The van der Waals surface area contributed by atoms with Crippen molar-refractivity contribution in [3.8, 4) is 11.1 Å². The summed E-state index contributed by atoms with van der Waals surface area (Å²) in [7, 11) is 0. The highest BCUT2D eigenvalue weighted by atomic mass is 14.7. The maximum atomic E-state index is 4.44. The molecule has 2 heterocycles. The zero-order chi connectivity index (χ0) is 16.4. The molecule has 0 radical (unpaired) electrons. The fourth-order valence-electron chi connectivity index (χ4n) is 3.20. The number of aromatic nitrogens is 2. The maximum absolute atomic E-state index is 4.44. The second-order valence-corrected chi connectivity index (χ2v) is 7.35. The Hall–Kier alpha value is -2.09. The van der Waals surface area contributed by atoms with Gasteiger partial charge in [-0.2, -0.15) is 0 Å². The number of nitrogens with one attached hydrogen (secondary N) is 1. The normalized spacial score (nSPS) is 11.7. The van der Waals surface area contributed by atoms with E-state index in [1.807, 2.05) is 12.4 Å². The minimum Gasteiger partial charge on any atom is -0.361 e. The summed E-state index contributed by atoms with van der Waals surface area (Å²) in [5.74, 6) is 1.31. The molecular formula is C21H26N2. The van der Waals surface area contributed by atoms with Gasteiger partial charge in [-0.05, 0) is 59.6 Å². The molecule has 0 spiro atoms. The van der Waals surface area contributed by atoms with Crippen molar-refractivity contribution in [3.05, 3.63) is 54.0 Å².